The van der Waals surface area contributed by atoms with Crippen LogP contribution in [0.2, 0.25) is 0 Å². The van der Waals surface area contributed by atoms with Crippen molar-refractivity contribution in [2.75, 3.05) is 19.6 Å². The molecule has 0 amide bonds. The lowest BCUT2D eigenvalue weighted by molar-refractivity contribution is 0.137. The number of rotatable bonds is 5. The highest BCUT2D eigenvalue weighted by atomic mass is 15.3. The number of nitrogens with zero attached hydrogens (tertiary/aromatic N) is 4. The second kappa shape index (κ2) is 6.29. The molecule has 18 heavy (non-hydrogen) atoms. The molecule has 2 heterocycles. The van der Waals surface area contributed by atoms with E-state index < -0.39 is 0 Å². The van der Waals surface area contributed by atoms with E-state index in [4.69, 9.17) is 0 Å². The molecule has 1 aliphatic heterocycles. The molecule has 1 aliphatic rings. The Hall–Kier alpha value is -0.940. The highest BCUT2D eigenvalue weighted by molar-refractivity contribution is 4.88. The molecule has 1 N–H and O–H groups in total. The van der Waals surface area contributed by atoms with Gasteiger partial charge in [-0.25, -0.2) is 9.67 Å². The molecule has 0 spiro atoms. The van der Waals surface area contributed by atoms with Gasteiger partial charge in [0.1, 0.15) is 12.2 Å². The van der Waals surface area contributed by atoms with Crippen LogP contribution in [0.3, 0.4) is 0 Å². The first kappa shape index (κ1) is 13.5. The Balaban J connectivity index is 1.89. The fourth-order valence-electron chi connectivity index (χ4n) is 2.82. The summed E-state index contributed by atoms with van der Waals surface area (Å²) in [5.74, 6) is 1.79. The minimum Gasteiger partial charge on any atom is -0.314 e. The van der Waals surface area contributed by atoms with E-state index in [1.807, 2.05) is 4.68 Å². The number of likely N-dealkylation sites (tertiary alicyclic amines) is 1. The van der Waals surface area contributed by atoms with Crippen LogP contribution in [0.1, 0.15) is 33.0 Å². The van der Waals surface area contributed by atoms with Crippen molar-refractivity contribution in [3.05, 3.63) is 12.2 Å². The largest absolute Gasteiger partial charge is 0.314 e. The summed E-state index contributed by atoms with van der Waals surface area (Å²) in [6.07, 6.45) is 2.89. The van der Waals surface area contributed by atoms with Gasteiger partial charge in [0, 0.05) is 25.7 Å². The Labute approximate surface area is 110 Å². The summed E-state index contributed by atoms with van der Waals surface area (Å²) in [5, 5.41) is 7.81. The third-order valence-electron chi connectivity index (χ3n) is 3.82. The molecule has 1 aromatic rings. The predicted molar refractivity (Wildman–Crippen MR) is 72.2 cm³/mol. The van der Waals surface area contributed by atoms with Crippen molar-refractivity contribution in [3.63, 3.8) is 0 Å². The van der Waals surface area contributed by atoms with Gasteiger partial charge < -0.3 is 5.32 Å². The molecular formula is C13H25N5. The first-order chi connectivity index (χ1) is 8.74. The molecule has 0 aromatic carbocycles. The van der Waals surface area contributed by atoms with Gasteiger partial charge >= 0.3 is 0 Å². The third-order valence-corrected chi connectivity index (χ3v) is 3.82. The van der Waals surface area contributed by atoms with Crippen LogP contribution in [0, 0.1) is 5.92 Å². The van der Waals surface area contributed by atoms with E-state index in [0.29, 0.717) is 12.0 Å². The normalized spacial score (nSPS) is 25.5. The van der Waals surface area contributed by atoms with E-state index in [0.717, 1.165) is 38.5 Å². The first-order valence-corrected chi connectivity index (χ1v) is 7.07. The smallest absolute Gasteiger partial charge is 0.140 e. The molecule has 2 atom stereocenters. The highest BCUT2D eigenvalue weighted by Gasteiger charge is 2.25. The number of aromatic nitrogens is 3. The van der Waals surface area contributed by atoms with Crippen molar-refractivity contribution in [3.8, 4) is 0 Å². The Morgan fingerprint density at radius 1 is 1.44 bits per heavy atom. The number of hydrogen-bond donors (Lipinski definition) is 1. The van der Waals surface area contributed by atoms with Gasteiger partial charge in [-0.3, -0.25) is 4.90 Å². The number of aryl methyl sites for hydroxylation is 1. The topological polar surface area (TPSA) is 46.0 Å². The Kier molecular flexibility index (Phi) is 4.72. The van der Waals surface area contributed by atoms with Crippen LogP contribution in [-0.2, 0) is 13.1 Å². The van der Waals surface area contributed by atoms with Gasteiger partial charge in [-0.05, 0) is 25.8 Å². The van der Waals surface area contributed by atoms with Gasteiger partial charge in [-0.1, -0.05) is 13.8 Å². The van der Waals surface area contributed by atoms with Crippen LogP contribution >= 0.6 is 0 Å². The molecule has 0 radical (unpaired) electrons. The van der Waals surface area contributed by atoms with Gasteiger partial charge in [0.25, 0.3) is 0 Å². The van der Waals surface area contributed by atoms with Crippen LogP contribution in [-0.4, -0.2) is 45.3 Å². The molecular weight excluding hydrogens is 226 g/mol. The quantitative estimate of drug-likeness (QED) is 0.852. The number of piperidine rings is 1. The van der Waals surface area contributed by atoms with Crippen LogP contribution in [0.25, 0.3) is 0 Å². The second-order valence-electron chi connectivity index (χ2n) is 5.16. The SMILES string of the molecule is CCNC1CCN(Cc2ncnn2CC)CC1C. The van der Waals surface area contributed by atoms with Crippen molar-refractivity contribution in [2.24, 2.45) is 5.92 Å². The summed E-state index contributed by atoms with van der Waals surface area (Å²) in [7, 11) is 0. The molecule has 1 fully saturated rings. The van der Waals surface area contributed by atoms with E-state index >= 15 is 0 Å². The zero-order valence-electron chi connectivity index (χ0n) is 11.8. The van der Waals surface area contributed by atoms with Crippen molar-refractivity contribution in [2.45, 2.75) is 46.3 Å². The summed E-state index contributed by atoms with van der Waals surface area (Å²) in [6, 6.07) is 0.676. The summed E-state index contributed by atoms with van der Waals surface area (Å²) in [6.45, 7) is 11.8. The molecule has 0 saturated carbocycles. The summed E-state index contributed by atoms with van der Waals surface area (Å²) >= 11 is 0. The molecule has 2 rings (SSSR count). The van der Waals surface area contributed by atoms with Crippen LogP contribution < -0.4 is 5.32 Å². The summed E-state index contributed by atoms with van der Waals surface area (Å²) < 4.78 is 1.99. The van der Waals surface area contributed by atoms with E-state index in [1.165, 1.54) is 6.42 Å². The molecule has 0 bridgehead atoms. The van der Waals surface area contributed by atoms with Gasteiger partial charge in [-0.15, -0.1) is 0 Å². The third kappa shape index (κ3) is 3.09. The van der Waals surface area contributed by atoms with Crippen LogP contribution in [0.5, 0.6) is 0 Å². The standard InChI is InChI=1S/C13H25N5/c1-4-14-12-6-7-17(8-11(12)3)9-13-15-10-16-18(13)5-2/h10-12,14H,4-9H2,1-3H3. The van der Waals surface area contributed by atoms with Crippen LogP contribution in [0.15, 0.2) is 6.33 Å². The molecule has 0 aliphatic carbocycles. The fourth-order valence-corrected chi connectivity index (χ4v) is 2.82. The van der Waals surface area contributed by atoms with E-state index in [-0.39, 0.29) is 0 Å². The molecule has 2 unspecified atom stereocenters. The van der Waals surface area contributed by atoms with Crippen LogP contribution in [0.4, 0.5) is 0 Å². The molecule has 102 valence electrons. The summed E-state index contributed by atoms with van der Waals surface area (Å²) in [5.41, 5.74) is 0. The maximum absolute atomic E-state index is 4.36. The lowest BCUT2D eigenvalue weighted by Crippen LogP contribution is -2.48. The lowest BCUT2D eigenvalue weighted by Gasteiger charge is -2.37. The van der Waals surface area contributed by atoms with Gasteiger partial charge in [0.2, 0.25) is 0 Å². The second-order valence-corrected chi connectivity index (χ2v) is 5.16. The van der Waals surface area contributed by atoms with E-state index in [2.05, 4.69) is 41.1 Å². The number of hydrogen-bond acceptors (Lipinski definition) is 4. The first-order valence-electron chi connectivity index (χ1n) is 7.07. The molecule has 1 aromatic heterocycles. The van der Waals surface area contributed by atoms with Crippen molar-refractivity contribution < 1.29 is 0 Å². The van der Waals surface area contributed by atoms with Gasteiger partial charge in [0.05, 0.1) is 6.54 Å². The van der Waals surface area contributed by atoms with Crippen molar-refractivity contribution in [1.29, 1.82) is 0 Å². The Bertz CT molecular complexity index is 362. The Morgan fingerprint density at radius 2 is 2.28 bits per heavy atom. The monoisotopic (exact) mass is 251 g/mol. The summed E-state index contributed by atoms with van der Waals surface area (Å²) in [4.78, 5) is 6.85. The van der Waals surface area contributed by atoms with Crippen molar-refractivity contribution in [1.82, 2.24) is 25.0 Å². The maximum atomic E-state index is 4.36. The Morgan fingerprint density at radius 3 is 2.94 bits per heavy atom. The van der Waals surface area contributed by atoms with E-state index in [1.54, 1.807) is 6.33 Å². The van der Waals surface area contributed by atoms with Gasteiger partial charge in [0.15, 0.2) is 0 Å². The maximum Gasteiger partial charge on any atom is 0.140 e. The zero-order chi connectivity index (χ0) is 13.0. The van der Waals surface area contributed by atoms with Crippen molar-refractivity contribution >= 4 is 0 Å². The highest BCUT2D eigenvalue weighted by Crippen LogP contribution is 2.18. The minimum atomic E-state index is 0.676. The number of nitrogens with one attached hydrogen (secondary N) is 1. The van der Waals surface area contributed by atoms with Gasteiger partial charge in [-0.2, -0.15) is 5.10 Å². The minimum absolute atomic E-state index is 0.676. The average Bonchev–Trinajstić information content (AvgIpc) is 2.80. The molecule has 5 nitrogen and oxygen atoms in total. The molecule has 5 heteroatoms. The predicted octanol–water partition coefficient (Wildman–Crippen LogP) is 1.12. The lowest BCUT2D eigenvalue weighted by atomic mass is 9.94. The van der Waals surface area contributed by atoms with E-state index in [9.17, 15) is 0 Å². The average molecular weight is 251 g/mol. The fraction of sp³-hybridized carbons (Fsp3) is 0.846. The zero-order valence-corrected chi connectivity index (χ0v) is 11.8. The molecule has 1 saturated heterocycles.